The van der Waals surface area contributed by atoms with Crippen LogP contribution in [0.5, 0.6) is 5.75 Å². The van der Waals surface area contributed by atoms with E-state index in [4.69, 9.17) is 47.8 Å². The molecule has 0 radical (unpaired) electrons. The molecule has 2 aromatic rings. The molecule has 0 amide bonds. The van der Waals surface area contributed by atoms with Crippen LogP contribution in [0.1, 0.15) is 24.1 Å². The van der Waals surface area contributed by atoms with Crippen molar-refractivity contribution in [2.45, 2.75) is 13.0 Å². The number of aliphatic hydroxyl groups is 1. The number of esters is 1. The number of nitrogens with zero attached hydrogens (tertiary/aromatic N) is 1. The van der Waals surface area contributed by atoms with Crippen LogP contribution in [0.25, 0.3) is 0 Å². The highest BCUT2D eigenvalue weighted by Gasteiger charge is 2.27. The number of nitriles is 1. The van der Waals surface area contributed by atoms with Crippen LogP contribution in [-0.2, 0) is 14.3 Å². The van der Waals surface area contributed by atoms with Crippen LogP contribution in [0.15, 0.2) is 36.4 Å². The molecule has 1 unspecified atom stereocenters. The van der Waals surface area contributed by atoms with Crippen molar-refractivity contribution >= 4 is 34.9 Å². The number of ether oxygens (including phenoxy) is 3. The first-order valence-corrected chi connectivity index (χ1v) is 9.99. The molecule has 30 heavy (non-hydrogen) atoms. The maximum absolute atomic E-state index is 12.7. The zero-order valence-electron chi connectivity index (χ0n) is 16.4. The van der Waals surface area contributed by atoms with Crippen molar-refractivity contribution in [3.05, 3.63) is 57.6 Å². The Hall–Kier alpha value is -2.50. The van der Waals surface area contributed by atoms with Crippen molar-refractivity contribution in [2.24, 2.45) is 0 Å². The molecular weight excluding hydrogens is 431 g/mol. The number of halogens is 2. The third-order valence-corrected chi connectivity index (χ3v) is 4.40. The third kappa shape index (κ3) is 6.78. The monoisotopic (exact) mass is 452 g/mol. The Kier molecular flexibility index (Phi) is 9.71. The quantitative estimate of drug-likeness (QED) is 0.392. The van der Waals surface area contributed by atoms with Gasteiger partial charge in [-0.05, 0) is 43.3 Å². The van der Waals surface area contributed by atoms with E-state index in [1.54, 1.807) is 37.3 Å². The molecule has 0 aliphatic rings. The summed E-state index contributed by atoms with van der Waals surface area (Å²) in [5.41, 5.74) is 1.49. The molecule has 0 spiro atoms. The second-order valence-corrected chi connectivity index (χ2v) is 6.85. The predicted molar refractivity (Wildman–Crippen MR) is 114 cm³/mol. The van der Waals surface area contributed by atoms with Gasteiger partial charge < -0.3 is 24.6 Å². The van der Waals surface area contributed by atoms with Crippen molar-refractivity contribution in [2.75, 3.05) is 38.4 Å². The Labute approximate surface area is 185 Å². The molecule has 0 saturated carbocycles. The molecule has 160 valence electrons. The Morgan fingerprint density at radius 1 is 1.20 bits per heavy atom. The van der Waals surface area contributed by atoms with Crippen molar-refractivity contribution in [3.63, 3.8) is 0 Å². The summed E-state index contributed by atoms with van der Waals surface area (Å²) < 4.78 is 16.2. The molecule has 0 saturated heterocycles. The van der Waals surface area contributed by atoms with Gasteiger partial charge in [-0.3, -0.25) is 0 Å². The molecule has 1 atom stereocenters. The first-order chi connectivity index (χ1) is 14.5. The number of nitrogens with one attached hydrogen (secondary N) is 1. The molecule has 0 fully saturated rings. The summed E-state index contributed by atoms with van der Waals surface area (Å²) >= 11 is 12.5. The topological polar surface area (TPSA) is 101 Å². The second-order valence-electron chi connectivity index (χ2n) is 6.01. The van der Waals surface area contributed by atoms with Gasteiger partial charge in [0.15, 0.2) is 6.04 Å². The summed E-state index contributed by atoms with van der Waals surface area (Å²) in [6, 6.07) is 10.8. The number of anilines is 1. The highest BCUT2D eigenvalue weighted by Crippen LogP contribution is 2.38. The Morgan fingerprint density at radius 3 is 2.57 bits per heavy atom. The van der Waals surface area contributed by atoms with Crippen LogP contribution in [0, 0.1) is 11.3 Å². The van der Waals surface area contributed by atoms with Crippen LogP contribution in [-0.4, -0.2) is 44.1 Å². The van der Waals surface area contributed by atoms with Crippen molar-refractivity contribution in [1.82, 2.24) is 0 Å². The van der Waals surface area contributed by atoms with Crippen LogP contribution in [0.4, 0.5) is 5.69 Å². The number of aliphatic hydroxyl groups excluding tert-OH is 1. The smallest absolute Gasteiger partial charge is 0.333 e. The third-order valence-electron chi connectivity index (χ3n) is 3.91. The van der Waals surface area contributed by atoms with Gasteiger partial charge in [0, 0.05) is 16.3 Å². The molecule has 2 rings (SSSR count). The largest absolute Gasteiger partial charge is 0.489 e. The first kappa shape index (κ1) is 23.8. The Morgan fingerprint density at radius 2 is 1.93 bits per heavy atom. The van der Waals surface area contributed by atoms with Crippen LogP contribution >= 0.6 is 23.2 Å². The molecule has 0 heterocycles. The summed E-state index contributed by atoms with van der Waals surface area (Å²) in [7, 11) is 0. The number of hydrogen-bond acceptors (Lipinski definition) is 7. The van der Waals surface area contributed by atoms with Crippen molar-refractivity contribution < 1.29 is 24.1 Å². The lowest BCUT2D eigenvalue weighted by Crippen LogP contribution is -2.24. The molecule has 2 aromatic carbocycles. The van der Waals surface area contributed by atoms with E-state index in [-0.39, 0.29) is 43.8 Å². The lowest BCUT2D eigenvalue weighted by Gasteiger charge is -2.22. The number of carbonyl (C=O) groups excluding carboxylic acids is 1. The van der Waals surface area contributed by atoms with E-state index in [1.807, 2.05) is 6.07 Å². The normalized spacial score (nSPS) is 11.4. The average Bonchev–Trinajstić information content (AvgIpc) is 2.73. The van der Waals surface area contributed by atoms with Gasteiger partial charge >= 0.3 is 5.97 Å². The minimum absolute atomic E-state index is 0.0909. The molecule has 0 bridgehead atoms. The highest BCUT2D eigenvalue weighted by atomic mass is 35.5. The summed E-state index contributed by atoms with van der Waals surface area (Å²) in [5.74, 6) is -0.269. The predicted octanol–water partition coefficient (Wildman–Crippen LogP) is 3.97. The fourth-order valence-electron chi connectivity index (χ4n) is 2.61. The fraction of sp³-hybridized carbons (Fsp3) is 0.333. The van der Waals surface area contributed by atoms with Crippen molar-refractivity contribution in [1.29, 1.82) is 5.26 Å². The molecule has 9 heteroatoms. The van der Waals surface area contributed by atoms with Crippen LogP contribution in [0.2, 0.25) is 10.0 Å². The Bertz CT molecular complexity index is 884. The van der Waals surface area contributed by atoms with E-state index in [9.17, 15) is 4.79 Å². The van der Waals surface area contributed by atoms with E-state index in [0.29, 0.717) is 21.8 Å². The second kappa shape index (κ2) is 12.3. The zero-order chi connectivity index (χ0) is 21.9. The minimum Gasteiger partial charge on any atom is -0.489 e. The number of hydrogen-bond donors (Lipinski definition) is 2. The molecule has 0 aromatic heterocycles. The van der Waals surface area contributed by atoms with E-state index in [0.717, 1.165) is 0 Å². The highest BCUT2D eigenvalue weighted by molar-refractivity contribution is 6.35. The number of rotatable bonds is 11. The van der Waals surface area contributed by atoms with Gasteiger partial charge in [0.2, 0.25) is 0 Å². The Balaban J connectivity index is 2.35. The standard InChI is InChI=1S/C21H22Cl2N2O5/c1-2-29-21(27)19(25-16-5-3-14(13-24)4-6-16)17-11-15(22)12-18(23)20(17)30-10-9-28-8-7-26/h3-6,11-12,19,25-26H,2,7-10H2,1H3. The average molecular weight is 453 g/mol. The fourth-order valence-corrected chi connectivity index (χ4v) is 3.18. The van der Waals surface area contributed by atoms with E-state index in [2.05, 4.69) is 5.32 Å². The lowest BCUT2D eigenvalue weighted by atomic mass is 10.0. The summed E-state index contributed by atoms with van der Waals surface area (Å²) in [6.45, 7) is 2.37. The maximum atomic E-state index is 12.7. The van der Waals surface area contributed by atoms with Gasteiger partial charge in [-0.2, -0.15) is 5.26 Å². The molecule has 0 aliphatic heterocycles. The summed E-state index contributed by atoms with van der Waals surface area (Å²) in [4.78, 5) is 12.7. The minimum atomic E-state index is -0.956. The van der Waals surface area contributed by atoms with Crippen molar-refractivity contribution in [3.8, 4) is 11.8 Å². The van der Waals surface area contributed by atoms with Gasteiger partial charge in [0.05, 0.1) is 43.1 Å². The van der Waals surface area contributed by atoms with Gasteiger partial charge in [-0.25, -0.2) is 4.79 Å². The molecule has 0 aliphatic carbocycles. The molecular formula is C21H22Cl2N2O5. The molecule has 7 nitrogen and oxygen atoms in total. The van der Waals surface area contributed by atoms with E-state index in [1.165, 1.54) is 6.07 Å². The number of benzene rings is 2. The van der Waals surface area contributed by atoms with E-state index < -0.39 is 12.0 Å². The number of carbonyl (C=O) groups is 1. The summed E-state index contributed by atoms with van der Waals surface area (Å²) in [5, 5.41) is 21.4. The van der Waals surface area contributed by atoms with Gasteiger partial charge in [0.25, 0.3) is 0 Å². The van der Waals surface area contributed by atoms with Crippen LogP contribution in [0.3, 0.4) is 0 Å². The lowest BCUT2D eigenvalue weighted by molar-refractivity contribution is -0.144. The summed E-state index contributed by atoms with van der Waals surface area (Å²) in [6.07, 6.45) is 0. The van der Waals surface area contributed by atoms with Gasteiger partial charge in [0.1, 0.15) is 12.4 Å². The van der Waals surface area contributed by atoms with Crippen LogP contribution < -0.4 is 10.1 Å². The van der Waals surface area contributed by atoms with Gasteiger partial charge in [-0.1, -0.05) is 23.2 Å². The zero-order valence-corrected chi connectivity index (χ0v) is 17.9. The maximum Gasteiger partial charge on any atom is 0.333 e. The van der Waals surface area contributed by atoms with E-state index >= 15 is 0 Å². The first-order valence-electron chi connectivity index (χ1n) is 9.23. The molecule has 2 N–H and O–H groups in total. The van der Waals surface area contributed by atoms with Gasteiger partial charge in [-0.15, -0.1) is 0 Å². The SMILES string of the molecule is CCOC(=O)C(Nc1ccc(C#N)cc1)c1cc(Cl)cc(Cl)c1OCCOCCO.